The molecule has 1 N–H and O–H groups in total. The molecule has 2 nitrogen and oxygen atoms in total. The molecule has 0 amide bonds. The summed E-state index contributed by atoms with van der Waals surface area (Å²) in [6.45, 7) is 0.918. The Kier molecular flexibility index (Phi) is 3.48. The Labute approximate surface area is 94.0 Å². The van der Waals surface area contributed by atoms with Crippen LogP contribution in [0.4, 0.5) is 0 Å². The van der Waals surface area contributed by atoms with Crippen molar-refractivity contribution in [1.82, 2.24) is 10.3 Å². The summed E-state index contributed by atoms with van der Waals surface area (Å²) in [6.07, 6.45) is 2.80. The van der Waals surface area contributed by atoms with Crippen molar-refractivity contribution in [1.29, 1.82) is 0 Å². The topological polar surface area (TPSA) is 24.9 Å². The summed E-state index contributed by atoms with van der Waals surface area (Å²) in [5, 5.41) is 6.39. The van der Waals surface area contributed by atoms with E-state index in [2.05, 4.69) is 34.6 Å². The Bertz CT molecular complexity index is 409. The van der Waals surface area contributed by atoms with Crippen LogP contribution < -0.4 is 5.32 Å². The van der Waals surface area contributed by atoms with Crippen molar-refractivity contribution in [3.05, 3.63) is 52.0 Å². The van der Waals surface area contributed by atoms with Crippen molar-refractivity contribution in [2.75, 3.05) is 7.05 Å². The Morgan fingerprint density at radius 2 is 2.07 bits per heavy atom. The van der Waals surface area contributed by atoms with Crippen LogP contribution in [0.15, 0.2) is 35.8 Å². The van der Waals surface area contributed by atoms with Crippen molar-refractivity contribution < 1.29 is 0 Å². The molecule has 0 radical (unpaired) electrons. The van der Waals surface area contributed by atoms with E-state index in [1.54, 1.807) is 11.3 Å². The van der Waals surface area contributed by atoms with Crippen LogP contribution in [0.3, 0.4) is 0 Å². The average molecular weight is 218 g/mol. The second-order valence-corrected chi connectivity index (χ2v) is 4.38. The number of rotatable bonds is 4. The molecule has 0 spiro atoms. The number of thiazole rings is 1. The van der Waals surface area contributed by atoms with Crippen LogP contribution in [0.2, 0.25) is 0 Å². The molecule has 0 aliphatic carbocycles. The Hall–Kier alpha value is -1.19. The molecule has 15 heavy (non-hydrogen) atoms. The van der Waals surface area contributed by atoms with Crippen LogP contribution in [0, 0.1) is 0 Å². The van der Waals surface area contributed by atoms with Gasteiger partial charge in [0.25, 0.3) is 0 Å². The largest absolute Gasteiger partial charge is 0.316 e. The molecule has 0 saturated carbocycles. The van der Waals surface area contributed by atoms with Crippen molar-refractivity contribution in [3.8, 4) is 0 Å². The van der Waals surface area contributed by atoms with Gasteiger partial charge in [0.2, 0.25) is 0 Å². The predicted molar refractivity (Wildman–Crippen MR) is 64.1 cm³/mol. The highest BCUT2D eigenvalue weighted by Crippen LogP contribution is 2.15. The van der Waals surface area contributed by atoms with E-state index < -0.39 is 0 Å². The van der Waals surface area contributed by atoms with E-state index in [0.717, 1.165) is 13.0 Å². The highest BCUT2D eigenvalue weighted by Gasteiger charge is 2.03. The third-order valence-electron chi connectivity index (χ3n) is 2.31. The molecule has 0 aliphatic heterocycles. The molecule has 0 saturated heterocycles. The van der Waals surface area contributed by atoms with Gasteiger partial charge in [0.05, 0.1) is 5.01 Å². The molecule has 0 bridgehead atoms. The molecule has 0 aliphatic rings. The van der Waals surface area contributed by atoms with Crippen LogP contribution in [0.25, 0.3) is 0 Å². The van der Waals surface area contributed by atoms with E-state index in [0.29, 0.717) is 0 Å². The monoisotopic (exact) mass is 218 g/mol. The fourth-order valence-electron chi connectivity index (χ4n) is 1.60. The van der Waals surface area contributed by atoms with Crippen molar-refractivity contribution in [3.63, 3.8) is 0 Å². The lowest BCUT2D eigenvalue weighted by Gasteiger charge is -2.07. The first-order chi connectivity index (χ1) is 7.40. The third kappa shape index (κ3) is 2.64. The second kappa shape index (κ2) is 5.05. The molecule has 0 unspecified atom stereocenters. The number of benzene rings is 1. The number of nitrogens with one attached hydrogen (secondary N) is 1. The summed E-state index contributed by atoms with van der Waals surface area (Å²) in [6, 6.07) is 8.51. The zero-order valence-electron chi connectivity index (χ0n) is 8.73. The highest BCUT2D eigenvalue weighted by atomic mass is 32.1. The van der Waals surface area contributed by atoms with Gasteiger partial charge in [0.1, 0.15) is 0 Å². The summed E-state index contributed by atoms with van der Waals surface area (Å²) < 4.78 is 0. The molecule has 2 aromatic rings. The zero-order chi connectivity index (χ0) is 10.5. The Morgan fingerprint density at radius 3 is 2.73 bits per heavy atom. The van der Waals surface area contributed by atoms with Gasteiger partial charge < -0.3 is 5.32 Å². The number of hydrogen-bond acceptors (Lipinski definition) is 3. The Morgan fingerprint density at radius 1 is 1.27 bits per heavy atom. The van der Waals surface area contributed by atoms with Gasteiger partial charge in [-0.05, 0) is 18.2 Å². The van der Waals surface area contributed by atoms with Gasteiger partial charge in [-0.3, -0.25) is 0 Å². The summed E-state index contributed by atoms with van der Waals surface area (Å²) in [5.74, 6) is 0. The molecule has 1 aromatic heterocycles. The standard InChI is InChI=1S/C12H14N2S/c1-13-9-11-5-3-2-4-10(11)8-12-14-6-7-15-12/h2-7,13H,8-9H2,1H3. The smallest absolute Gasteiger partial charge is 0.0968 e. The summed E-state index contributed by atoms with van der Waals surface area (Å²) in [5.41, 5.74) is 2.72. The molecule has 1 heterocycles. The van der Waals surface area contributed by atoms with Crippen LogP contribution in [-0.4, -0.2) is 12.0 Å². The van der Waals surface area contributed by atoms with E-state index in [1.807, 2.05) is 18.6 Å². The number of hydrogen-bond donors (Lipinski definition) is 1. The van der Waals surface area contributed by atoms with Gasteiger partial charge in [-0.25, -0.2) is 4.98 Å². The normalized spacial score (nSPS) is 10.5. The van der Waals surface area contributed by atoms with Crippen LogP contribution in [-0.2, 0) is 13.0 Å². The average Bonchev–Trinajstić information content (AvgIpc) is 2.74. The first-order valence-electron chi connectivity index (χ1n) is 5.00. The van der Waals surface area contributed by atoms with Gasteiger partial charge >= 0.3 is 0 Å². The van der Waals surface area contributed by atoms with Crippen LogP contribution >= 0.6 is 11.3 Å². The lowest BCUT2D eigenvalue weighted by molar-refractivity contribution is 0.807. The maximum absolute atomic E-state index is 4.31. The van der Waals surface area contributed by atoms with E-state index >= 15 is 0 Å². The van der Waals surface area contributed by atoms with E-state index in [1.165, 1.54) is 16.1 Å². The zero-order valence-corrected chi connectivity index (χ0v) is 9.55. The lowest BCUT2D eigenvalue weighted by atomic mass is 10.1. The molecule has 0 atom stereocenters. The molecule has 0 fully saturated rings. The summed E-state index contributed by atoms with van der Waals surface area (Å²) in [7, 11) is 1.97. The van der Waals surface area contributed by atoms with Gasteiger partial charge in [-0.1, -0.05) is 24.3 Å². The maximum Gasteiger partial charge on any atom is 0.0968 e. The van der Waals surface area contributed by atoms with Crippen molar-refractivity contribution >= 4 is 11.3 Å². The maximum atomic E-state index is 4.31. The fourth-order valence-corrected chi connectivity index (χ4v) is 2.24. The highest BCUT2D eigenvalue weighted by molar-refractivity contribution is 7.09. The molecule has 78 valence electrons. The van der Waals surface area contributed by atoms with Crippen molar-refractivity contribution in [2.45, 2.75) is 13.0 Å². The van der Waals surface area contributed by atoms with E-state index in [4.69, 9.17) is 0 Å². The molecule has 2 rings (SSSR count). The number of aromatic nitrogens is 1. The van der Waals surface area contributed by atoms with Crippen LogP contribution in [0.1, 0.15) is 16.1 Å². The lowest BCUT2D eigenvalue weighted by Crippen LogP contribution is -2.07. The van der Waals surface area contributed by atoms with Gasteiger partial charge in [-0.2, -0.15) is 0 Å². The van der Waals surface area contributed by atoms with Gasteiger partial charge in [-0.15, -0.1) is 11.3 Å². The molecule has 1 aromatic carbocycles. The first-order valence-corrected chi connectivity index (χ1v) is 5.88. The first kappa shape index (κ1) is 10.3. The van der Waals surface area contributed by atoms with E-state index in [-0.39, 0.29) is 0 Å². The fraction of sp³-hybridized carbons (Fsp3) is 0.250. The number of nitrogens with zero attached hydrogens (tertiary/aromatic N) is 1. The Balaban J connectivity index is 2.20. The predicted octanol–water partition coefficient (Wildman–Crippen LogP) is 2.45. The SMILES string of the molecule is CNCc1ccccc1Cc1nccs1. The minimum absolute atomic E-state index is 0.918. The summed E-state index contributed by atoms with van der Waals surface area (Å²) >= 11 is 1.71. The minimum atomic E-state index is 0.918. The van der Waals surface area contributed by atoms with E-state index in [9.17, 15) is 0 Å². The molecule has 3 heteroatoms. The van der Waals surface area contributed by atoms with Crippen molar-refractivity contribution in [2.24, 2.45) is 0 Å². The second-order valence-electron chi connectivity index (χ2n) is 3.40. The van der Waals surface area contributed by atoms with Crippen LogP contribution in [0.5, 0.6) is 0 Å². The molecular weight excluding hydrogens is 204 g/mol. The summed E-state index contributed by atoms with van der Waals surface area (Å²) in [4.78, 5) is 4.31. The molecular formula is C12H14N2S. The third-order valence-corrected chi connectivity index (χ3v) is 3.09. The quantitative estimate of drug-likeness (QED) is 0.852. The minimum Gasteiger partial charge on any atom is -0.316 e. The van der Waals surface area contributed by atoms with Gasteiger partial charge in [0.15, 0.2) is 0 Å². The van der Waals surface area contributed by atoms with Gasteiger partial charge in [0, 0.05) is 24.5 Å².